The first-order chi connectivity index (χ1) is 10.6. The fourth-order valence-corrected chi connectivity index (χ4v) is 4.28. The van der Waals surface area contributed by atoms with E-state index >= 15 is 0 Å². The van der Waals surface area contributed by atoms with Crippen molar-refractivity contribution in [3.8, 4) is 0 Å². The lowest BCUT2D eigenvalue weighted by atomic mass is 9.95. The Morgan fingerprint density at radius 2 is 2.05 bits per heavy atom. The second kappa shape index (κ2) is 6.79. The highest BCUT2D eigenvalue weighted by molar-refractivity contribution is 7.10. The number of hydrogen-bond acceptors (Lipinski definition) is 4. The van der Waals surface area contributed by atoms with E-state index in [1.54, 1.807) is 16.2 Å². The van der Waals surface area contributed by atoms with E-state index in [4.69, 9.17) is 0 Å². The van der Waals surface area contributed by atoms with Crippen molar-refractivity contribution in [1.82, 2.24) is 9.80 Å². The fraction of sp³-hybridized carbons (Fsp3) is 0.625. The van der Waals surface area contributed by atoms with Gasteiger partial charge in [-0.05, 0) is 50.2 Å². The topological polar surface area (TPSA) is 60.9 Å². The first-order valence-corrected chi connectivity index (χ1v) is 8.82. The highest BCUT2D eigenvalue weighted by Gasteiger charge is 2.38. The third-order valence-corrected chi connectivity index (χ3v) is 5.62. The SMILES string of the molecule is O=C(O)C1CC(N2CCCC2)CCN1C(=O)Cc1cccs1. The van der Waals surface area contributed by atoms with Crippen molar-refractivity contribution in [1.29, 1.82) is 0 Å². The molecule has 1 aromatic rings. The molecule has 0 aromatic carbocycles. The molecule has 22 heavy (non-hydrogen) atoms. The highest BCUT2D eigenvalue weighted by atomic mass is 32.1. The van der Waals surface area contributed by atoms with Crippen LogP contribution < -0.4 is 0 Å². The van der Waals surface area contributed by atoms with Gasteiger partial charge in [0.25, 0.3) is 0 Å². The number of hydrogen-bond donors (Lipinski definition) is 1. The molecule has 0 aliphatic carbocycles. The lowest BCUT2D eigenvalue weighted by molar-refractivity contribution is -0.153. The molecule has 2 unspecified atom stereocenters. The van der Waals surface area contributed by atoms with E-state index in [1.165, 1.54) is 12.8 Å². The van der Waals surface area contributed by atoms with Gasteiger partial charge < -0.3 is 14.9 Å². The first-order valence-electron chi connectivity index (χ1n) is 7.94. The Labute approximate surface area is 134 Å². The third-order valence-electron chi connectivity index (χ3n) is 4.74. The molecule has 0 radical (unpaired) electrons. The van der Waals surface area contributed by atoms with Crippen molar-refractivity contribution in [2.75, 3.05) is 19.6 Å². The van der Waals surface area contributed by atoms with Crippen molar-refractivity contribution < 1.29 is 14.7 Å². The van der Waals surface area contributed by atoms with Crippen LogP contribution in [-0.4, -0.2) is 58.5 Å². The summed E-state index contributed by atoms with van der Waals surface area (Å²) in [6.07, 6.45) is 4.17. The summed E-state index contributed by atoms with van der Waals surface area (Å²) in [5.74, 6) is -0.932. The van der Waals surface area contributed by atoms with Gasteiger partial charge in [0, 0.05) is 17.5 Å². The molecule has 2 fully saturated rings. The van der Waals surface area contributed by atoms with Gasteiger partial charge >= 0.3 is 5.97 Å². The van der Waals surface area contributed by atoms with Crippen LogP contribution in [0.2, 0.25) is 0 Å². The molecule has 0 saturated carbocycles. The van der Waals surface area contributed by atoms with E-state index in [9.17, 15) is 14.7 Å². The number of nitrogens with zero attached hydrogens (tertiary/aromatic N) is 2. The summed E-state index contributed by atoms with van der Waals surface area (Å²) in [7, 11) is 0. The normalized spacial score (nSPS) is 26.3. The van der Waals surface area contributed by atoms with E-state index in [0.29, 0.717) is 25.4 Å². The molecule has 5 nitrogen and oxygen atoms in total. The van der Waals surface area contributed by atoms with Gasteiger partial charge in [0.2, 0.25) is 5.91 Å². The molecule has 1 aromatic heterocycles. The summed E-state index contributed by atoms with van der Waals surface area (Å²) < 4.78 is 0. The van der Waals surface area contributed by atoms with Gasteiger partial charge in [0.15, 0.2) is 0 Å². The average Bonchev–Trinajstić information content (AvgIpc) is 3.19. The average molecular weight is 322 g/mol. The van der Waals surface area contributed by atoms with Crippen LogP contribution in [0.3, 0.4) is 0 Å². The van der Waals surface area contributed by atoms with Gasteiger partial charge in [-0.1, -0.05) is 6.07 Å². The number of carboxylic acid groups (broad SMARTS) is 1. The van der Waals surface area contributed by atoms with Gasteiger partial charge in [-0.25, -0.2) is 4.79 Å². The summed E-state index contributed by atoms with van der Waals surface area (Å²) in [6, 6.07) is 3.48. The maximum absolute atomic E-state index is 12.5. The van der Waals surface area contributed by atoms with E-state index in [0.717, 1.165) is 24.4 Å². The second-order valence-corrected chi connectivity index (χ2v) is 7.15. The van der Waals surface area contributed by atoms with Crippen molar-refractivity contribution in [3.05, 3.63) is 22.4 Å². The Balaban J connectivity index is 1.66. The molecule has 2 saturated heterocycles. The second-order valence-electron chi connectivity index (χ2n) is 6.12. The Kier molecular flexibility index (Phi) is 4.78. The van der Waals surface area contributed by atoms with Crippen LogP contribution in [0.15, 0.2) is 17.5 Å². The zero-order valence-electron chi connectivity index (χ0n) is 12.6. The molecule has 120 valence electrons. The summed E-state index contributed by atoms with van der Waals surface area (Å²) in [5, 5.41) is 11.5. The predicted octanol–water partition coefficient (Wildman–Crippen LogP) is 1.83. The molecule has 1 amide bonds. The van der Waals surface area contributed by atoms with E-state index in [2.05, 4.69) is 4.90 Å². The first kappa shape index (κ1) is 15.5. The largest absolute Gasteiger partial charge is 0.480 e. The number of amides is 1. The summed E-state index contributed by atoms with van der Waals surface area (Å²) in [5.41, 5.74) is 0. The molecule has 6 heteroatoms. The van der Waals surface area contributed by atoms with Crippen molar-refractivity contribution in [2.24, 2.45) is 0 Å². The Morgan fingerprint density at radius 1 is 1.27 bits per heavy atom. The number of aliphatic carboxylic acids is 1. The standard InChI is InChI=1S/C16H22N2O3S/c19-15(11-13-4-3-9-22-13)18-8-5-12(10-14(18)16(20)21)17-6-1-2-7-17/h3-4,9,12,14H,1-2,5-8,10-11H2,(H,20,21). The Bertz CT molecular complexity index is 526. The summed E-state index contributed by atoms with van der Waals surface area (Å²) in [6.45, 7) is 2.70. The van der Waals surface area contributed by atoms with E-state index in [1.807, 2.05) is 17.5 Å². The number of carbonyl (C=O) groups is 2. The van der Waals surface area contributed by atoms with Gasteiger partial charge in [-0.3, -0.25) is 4.79 Å². The summed E-state index contributed by atoms with van der Waals surface area (Å²) >= 11 is 1.54. The zero-order chi connectivity index (χ0) is 15.5. The number of likely N-dealkylation sites (tertiary alicyclic amines) is 2. The molecule has 1 N–H and O–H groups in total. The van der Waals surface area contributed by atoms with Gasteiger partial charge in [-0.2, -0.15) is 0 Å². The molecule has 3 rings (SSSR count). The Morgan fingerprint density at radius 3 is 2.68 bits per heavy atom. The van der Waals surface area contributed by atoms with E-state index in [-0.39, 0.29) is 5.91 Å². The minimum atomic E-state index is -0.872. The molecule has 0 bridgehead atoms. The summed E-state index contributed by atoms with van der Waals surface area (Å²) in [4.78, 5) is 29.1. The molecule has 2 aliphatic heterocycles. The Hall–Kier alpha value is -1.40. The fourth-order valence-electron chi connectivity index (χ4n) is 3.58. The maximum Gasteiger partial charge on any atom is 0.326 e. The van der Waals surface area contributed by atoms with Crippen molar-refractivity contribution >= 4 is 23.2 Å². The lowest BCUT2D eigenvalue weighted by Crippen LogP contribution is -2.54. The third kappa shape index (κ3) is 3.33. The molecular weight excluding hydrogens is 300 g/mol. The molecule has 0 spiro atoms. The number of carboxylic acids is 1. The van der Waals surface area contributed by atoms with Crippen molar-refractivity contribution in [3.63, 3.8) is 0 Å². The van der Waals surface area contributed by atoms with Crippen LogP contribution in [0.1, 0.15) is 30.6 Å². The number of piperidine rings is 1. The monoisotopic (exact) mass is 322 g/mol. The van der Waals surface area contributed by atoms with E-state index < -0.39 is 12.0 Å². The zero-order valence-corrected chi connectivity index (χ0v) is 13.4. The van der Waals surface area contributed by atoms with Crippen LogP contribution in [0.4, 0.5) is 0 Å². The smallest absolute Gasteiger partial charge is 0.326 e. The molecule has 2 aliphatic rings. The van der Waals surface area contributed by atoms with Gasteiger partial charge in [0.05, 0.1) is 6.42 Å². The van der Waals surface area contributed by atoms with Crippen LogP contribution >= 0.6 is 11.3 Å². The lowest BCUT2D eigenvalue weighted by Gasteiger charge is -2.40. The van der Waals surface area contributed by atoms with Crippen LogP contribution in [0, 0.1) is 0 Å². The van der Waals surface area contributed by atoms with Gasteiger partial charge in [0.1, 0.15) is 6.04 Å². The minimum absolute atomic E-state index is 0.0604. The number of thiophene rings is 1. The van der Waals surface area contributed by atoms with Gasteiger partial charge in [-0.15, -0.1) is 11.3 Å². The molecular formula is C16H22N2O3S. The highest BCUT2D eigenvalue weighted by Crippen LogP contribution is 2.26. The maximum atomic E-state index is 12.5. The van der Waals surface area contributed by atoms with Crippen LogP contribution in [0.25, 0.3) is 0 Å². The van der Waals surface area contributed by atoms with Crippen LogP contribution in [-0.2, 0) is 16.0 Å². The minimum Gasteiger partial charge on any atom is -0.480 e. The quantitative estimate of drug-likeness (QED) is 0.919. The molecule has 3 heterocycles. The predicted molar refractivity (Wildman–Crippen MR) is 85.0 cm³/mol. The number of carbonyl (C=O) groups excluding carboxylic acids is 1. The van der Waals surface area contributed by atoms with Crippen molar-refractivity contribution in [2.45, 2.75) is 44.2 Å². The number of rotatable bonds is 4. The van der Waals surface area contributed by atoms with Crippen LogP contribution in [0.5, 0.6) is 0 Å². The molecule has 2 atom stereocenters.